The third kappa shape index (κ3) is 2.59. The molecule has 0 saturated heterocycles. The molecule has 0 aliphatic rings. The van der Waals surface area contributed by atoms with Gasteiger partial charge >= 0.3 is 0 Å². The summed E-state index contributed by atoms with van der Waals surface area (Å²) in [5.74, 6) is 0. The molecule has 7 heteroatoms. The molecular weight excluding hydrogens is 288 g/mol. The lowest BCUT2D eigenvalue weighted by molar-refractivity contribution is 0.601. The first-order valence-corrected chi connectivity index (χ1v) is 7.83. The van der Waals surface area contributed by atoms with Crippen molar-refractivity contribution in [2.45, 2.75) is 18.7 Å². The van der Waals surface area contributed by atoms with Gasteiger partial charge < -0.3 is 0 Å². The summed E-state index contributed by atoms with van der Waals surface area (Å²) in [4.78, 5) is 0.0988. The van der Waals surface area contributed by atoms with E-state index in [4.69, 9.17) is 0 Å². The Balaban J connectivity index is 2.06. The summed E-state index contributed by atoms with van der Waals surface area (Å²) < 4.78 is 29.2. The second-order valence-corrected chi connectivity index (χ2v) is 6.57. The molecule has 2 heterocycles. The predicted molar refractivity (Wildman–Crippen MR) is 79.7 cm³/mol. The molecule has 0 amide bonds. The normalized spacial score (nSPS) is 11.7. The molecule has 0 aliphatic heterocycles. The van der Waals surface area contributed by atoms with Crippen molar-refractivity contribution in [3.05, 3.63) is 54.0 Å². The van der Waals surface area contributed by atoms with Gasteiger partial charge in [-0.05, 0) is 49.2 Å². The van der Waals surface area contributed by atoms with E-state index >= 15 is 0 Å². The summed E-state index contributed by atoms with van der Waals surface area (Å²) in [5.41, 5.74) is 2.82. The lowest BCUT2D eigenvalue weighted by Gasteiger charge is -2.10. The minimum Gasteiger partial charge on any atom is -0.288 e. The maximum absolute atomic E-state index is 12.5. The molecule has 21 heavy (non-hydrogen) atoms. The smallest absolute Gasteiger partial charge is 0.265 e. The van der Waals surface area contributed by atoms with E-state index in [1.807, 2.05) is 19.9 Å². The Bertz CT molecular complexity index is 895. The number of rotatable bonds is 3. The highest BCUT2D eigenvalue weighted by Gasteiger charge is 2.19. The zero-order chi connectivity index (χ0) is 15.0. The summed E-state index contributed by atoms with van der Waals surface area (Å²) in [6.45, 7) is 3.84. The third-order valence-corrected chi connectivity index (χ3v) is 4.45. The predicted octanol–water partition coefficient (Wildman–Crippen LogP) is 2.15. The maximum Gasteiger partial charge on any atom is 0.265 e. The molecule has 1 aromatic carbocycles. The third-order valence-electron chi connectivity index (χ3n) is 3.05. The minimum atomic E-state index is -3.72. The van der Waals surface area contributed by atoms with Crippen LogP contribution in [0.1, 0.15) is 11.1 Å². The number of nitrogens with one attached hydrogen (secondary N) is 1. The molecule has 1 N–H and O–H groups in total. The van der Waals surface area contributed by atoms with E-state index in [-0.39, 0.29) is 4.90 Å². The van der Waals surface area contributed by atoms with E-state index in [0.717, 1.165) is 11.1 Å². The van der Waals surface area contributed by atoms with Gasteiger partial charge in [-0.15, -0.1) is 10.2 Å². The number of benzene rings is 1. The van der Waals surface area contributed by atoms with Crippen molar-refractivity contribution in [2.75, 3.05) is 4.72 Å². The molecule has 0 spiro atoms. The fourth-order valence-corrected chi connectivity index (χ4v) is 3.46. The highest BCUT2D eigenvalue weighted by molar-refractivity contribution is 7.93. The molecule has 0 unspecified atom stereocenters. The Morgan fingerprint density at radius 1 is 1.14 bits per heavy atom. The summed E-state index contributed by atoms with van der Waals surface area (Å²) in [5, 5.41) is 7.59. The van der Waals surface area contributed by atoms with E-state index < -0.39 is 10.0 Å². The first-order chi connectivity index (χ1) is 9.95. The lowest BCUT2D eigenvalue weighted by Crippen LogP contribution is -2.14. The number of aryl methyl sites for hydroxylation is 2. The molecule has 6 nitrogen and oxygen atoms in total. The van der Waals surface area contributed by atoms with E-state index in [9.17, 15) is 8.42 Å². The number of aromatic nitrogens is 3. The van der Waals surface area contributed by atoms with E-state index in [1.54, 1.807) is 28.8 Å². The van der Waals surface area contributed by atoms with Crippen LogP contribution < -0.4 is 4.72 Å². The molecule has 0 aliphatic carbocycles. The van der Waals surface area contributed by atoms with Crippen molar-refractivity contribution < 1.29 is 8.42 Å². The molecule has 108 valence electrons. The first-order valence-electron chi connectivity index (χ1n) is 6.35. The van der Waals surface area contributed by atoms with Crippen molar-refractivity contribution >= 4 is 21.4 Å². The molecule has 0 atom stereocenters. The van der Waals surface area contributed by atoms with Gasteiger partial charge in [0.15, 0.2) is 5.65 Å². The molecule has 0 bridgehead atoms. The topological polar surface area (TPSA) is 76.4 Å². The van der Waals surface area contributed by atoms with Crippen molar-refractivity contribution in [2.24, 2.45) is 0 Å². The molecule has 0 fully saturated rings. The van der Waals surface area contributed by atoms with Gasteiger partial charge in [0.25, 0.3) is 10.0 Å². The summed E-state index contributed by atoms with van der Waals surface area (Å²) in [6.07, 6.45) is 3.16. The van der Waals surface area contributed by atoms with Gasteiger partial charge in [-0.1, -0.05) is 6.07 Å². The Morgan fingerprint density at radius 3 is 2.57 bits per heavy atom. The fraction of sp³-hybridized carbons (Fsp3) is 0.143. The van der Waals surface area contributed by atoms with Gasteiger partial charge in [-0.25, -0.2) is 8.42 Å². The van der Waals surface area contributed by atoms with Crippen molar-refractivity contribution in [1.82, 2.24) is 14.6 Å². The quantitative estimate of drug-likeness (QED) is 0.804. The Labute approximate surface area is 122 Å². The van der Waals surface area contributed by atoms with Gasteiger partial charge in [0, 0.05) is 11.9 Å². The number of sulfonamides is 1. The van der Waals surface area contributed by atoms with Crippen LogP contribution in [0.25, 0.3) is 5.65 Å². The number of fused-ring (bicyclic) bond motifs is 1. The van der Waals surface area contributed by atoms with E-state index in [0.29, 0.717) is 11.3 Å². The zero-order valence-corrected chi connectivity index (χ0v) is 12.4. The summed E-state index contributed by atoms with van der Waals surface area (Å²) >= 11 is 0. The van der Waals surface area contributed by atoms with Crippen LogP contribution in [-0.2, 0) is 10.0 Å². The van der Waals surface area contributed by atoms with Gasteiger partial charge in [-0.2, -0.15) is 0 Å². The second-order valence-electron chi connectivity index (χ2n) is 4.92. The highest BCUT2D eigenvalue weighted by Crippen LogP contribution is 2.21. The van der Waals surface area contributed by atoms with Gasteiger partial charge in [0.05, 0.1) is 0 Å². The monoisotopic (exact) mass is 302 g/mol. The second kappa shape index (κ2) is 4.85. The van der Waals surface area contributed by atoms with E-state index in [1.165, 1.54) is 12.4 Å². The Morgan fingerprint density at radius 2 is 1.86 bits per heavy atom. The average molecular weight is 302 g/mol. The van der Waals surface area contributed by atoms with Crippen LogP contribution >= 0.6 is 0 Å². The van der Waals surface area contributed by atoms with Crippen molar-refractivity contribution in [3.63, 3.8) is 0 Å². The number of hydrogen-bond donors (Lipinski definition) is 1. The van der Waals surface area contributed by atoms with Crippen LogP contribution in [-0.4, -0.2) is 23.0 Å². The van der Waals surface area contributed by atoms with Crippen LogP contribution in [0.15, 0.2) is 47.8 Å². The molecule has 0 radical (unpaired) electrons. The molecule has 3 aromatic rings. The Hall–Kier alpha value is -2.41. The van der Waals surface area contributed by atoms with Gasteiger partial charge in [0.2, 0.25) is 0 Å². The van der Waals surface area contributed by atoms with Crippen molar-refractivity contribution in [1.29, 1.82) is 0 Å². The van der Waals surface area contributed by atoms with Crippen LogP contribution in [0.2, 0.25) is 0 Å². The van der Waals surface area contributed by atoms with Crippen LogP contribution in [0, 0.1) is 13.8 Å². The van der Waals surface area contributed by atoms with Crippen LogP contribution in [0.5, 0.6) is 0 Å². The van der Waals surface area contributed by atoms with Gasteiger partial charge in [-0.3, -0.25) is 9.12 Å². The number of anilines is 1. The maximum atomic E-state index is 12.5. The number of pyridine rings is 1. The average Bonchev–Trinajstić information content (AvgIpc) is 2.84. The lowest BCUT2D eigenvalue weighted by atomic mass is 10.1. The van der Waals surface area contributed by atoms with Crippen LogP contribution in [0.4, 0.5) is 5.69 Å². The largest absolute Gasteiger partial charge is 0.288 e. The minimum absolute atomic E-state index is 0.0988. The van der Waals surface area contributed by atoms with E-state index in [2.05, 4.69) is 14.9 Å². The van der Waals surface area contributed by atoms with Gasteiger partial charge in [0.1, 0.15) is 11.2 Å². The molecule has 3 rings (SSSR count). The Kier molecular flexibility index (Phi) is 3.13. The van der Waals surface area contributed by atoms with Crippen molar-refractivity contribution in [3.8, 4) is 0 Å². The summed E-state index contributed by atoms with van der Waals surface area (Å²) in [6, 6.07) is 8.71. The standard InChI is InChI=1S/C14H14N4O2S/c1-10-6-11(2)8-12(7-10)17-21(19,20)13-4-3-5-18-9-15-16-14(13)18/h3-9,17H,1-2H3. The molecular formula is C14H14N4O2S. The number of nitrogens with zero attached hydrogens (tertiary/aromatic N) is 3. The zero-order valence-electron chi connectivity index (χ0n) is 11.6. The SMILES string of the molecule is Cc1cc(C)cc(NS(=O)(=O)c2cccn3cnnc23)c1. The molecule has 2 aromatic heterocycles. The number of hydrogen-bond acceptors (Lipinski definition) is 4. The fourth-order valence-electron chi connectivity index (χ4n) is 2.28. The molecule has 0 saturated carbocycles. The van der Waals surface area contributed by atoms with Crippen LogP contribution in [0.3, 0.4) is 0 Å². The first kappa shape index (κ1) is 13.6. The highest BCUT2D eigenvalue weighted by atomic mass is 32.2. The summed E-state index contributed by atoms with van der Waals surface area (Å²) in [7, 11) is -3.72.